The van der Waals surface area contributed by atoms with E-state index in [9.17, 15) is 18.0 Å². The van der Waals surface area contributed by atoms with Crippen LogP contribution in [0.25, 0.3) is 0 Å². The van der Waals surface area contributed by atoms with Gasteiger partial charge in [-0.15, -0.1) is 0 Å². The van der Waals surface area contributed by atoms with E-state index in [4.69, 9.17) is 4.74 Å². The molecule has 2 aliphatic heterocycles. The van der Waals surface area contributed by atoms with Crippen LogP contribution >= 0.6 is 0 Å². The summed E-state index contributed by atoms with van der Waals surface area (Å²) in [4.78, 5) is 18.3. The zero-order valence-corrected chi connectivity index (χ0v) is 14.6. The van der Waals surface area contributed by atoms with Crippen molar-refractivity contribution in [3.05, 3.63) is 51.6 Å². The Morgan fingerprint density at radius 2 is 2.15 bits per heavy atom. The molecule has 4 rings (SSSR count). The summed E-state index contributed by atoms with van der Waals surface area (Å²) in [6.07, 6.45) is -1.16. The van der Waals surface area contributed by atoms with Gasteiger partial charge in [0.15, 0.2) is 0 Å². The van der Waals surface area contributed by atoms with Gasteiger partial charge < -0.3 is 9.64 Å². The lowest BCUT2D eigenvalue weighted by molar-refractivity contribution is -0.137. The summed E-state index contributed by atoms with van der Waals surface area (Å²) in [7, 11) is 0. The first-order valence-electron chi connectivity index (χ1n) is 8.89. The number of anilines is 1. The lowest BCUT2D eigenvalue weighted by Crippen LogP contribution is -2.38. The van der Waals surface area contributed by atoms with Crippen LogP contribution in [0.2, 0.25) is 0 Å². The molecule has 0 N–H and O–H groups in total. The lowest BCUT2D eigenvalue weighted by atomic mass is 10.1. The Hall–Kier alpha value is -2.42. The summed E-state index contributed by atoms with van der Waals surface area (Å²) in [6.45, 7) is 2.07. The Morgan fingerprint density at radius 1 is 1.30 bits per heavy atom. The normalized spacial score (nSPS) is 20.0. The summed E-state index contributed by atoms with van der Waals surface area (Å²) in [5, 5.41) is 4.48. The first-order valence-corrected chi connectivity index (χ1v) is 8.89. The predicted molar refractivity (Wildman–Crippen MR) is 91.5 cm³/mol. The molecule has 9 heteroatoms. The van der Waals surface area contributed by atoms with Gasteiger partial charge in [-0.2, -0.15) is 18.3 Å². The minimum atomic E-state index is -4.40. The van der Waals surface area contributed by atoms with Crippen molar-refractivity contribution in [1.82, 2.24) is 14.8 Å². The van der Waals surface area contributed by atoms with Crippen molar-refractivity contribution in [2.24, 2.45) is 0 Å². The minimum absolute atomic E-state index is 0.0303. The van der Waals surface area contributed by atoms with E-state index in [1.165, 1.54) is 10.7 Å². The smallest absolute Gasteiger partial charge is 0.376 e. The maximum atomic E-state index is 12.7. The SMILES string of the molecule is O=c1cc2c(nn1CC1CCCN1c1ccc(C(F)(F)F)cn1)CCOC2. The molecule has 2 aromatic rings. The second kappa shape index (κ2) is 6.95. The van der Waals surface area contributed by atoms with E-state index in [1.807, 2.05) is 4.90 Å². The molecular formula is C18H19F3N4O2. The molecule has 1 saturated heterocycles. The molecule has 0 saturated carbocycles. The van der Waals surface area contributed by atoms with E-state index < -0.39 is 11.7 Å². The van der Waals surface area contributed by atoms with Crippen molar-refractivity contribution in [2.75, 3.05) is 18.1 Å². The first kappa shape index (κ1) is 18.0. The van der Waals surface area contributed by atoms with Crippen LogP contribution in [0.5, 0.6) is 0 Å². The van der Waals surface area contributed by atoms with Crippen molar-refractivity contribution in [1.29, 1.82) is 0 Å². The van der Waals surface area contributed by atoms with Crippen LogP contribution in [0.3, 0.4) is 0 Å². The standard InChI is InChI=1S/C18H19F3N4O2/c19-18(20,21)13-3-4-16(22-9-13)24-6-1-2-14(24)10-25-17(26)8-12-11-27-7-5-15(12)23-25/h3-4,8-9,14H,1-2,5-7,10-11H2. The number of hydrogen-bond acceptors (Lipinski definition) is 5. The van der Waals surface area contributed by atoms with Gasteiger partial charge in [0.25, 0.3) is 5.56 Å². The number of rotatable bonds is 3. The molecule has 4 heterocycles. The van der Waals surface area contributed by atoms with Gasteiger partial charge in [-0.05, 0) is 25.0 Å². The van der Waals surface area contributed by atoms with Gasteiger partial charge in [0, 0.05) is 30.8 Å². The van der Waals surface area contributed by atoms with E-state index in [-0.39, 0.29) is 11.6 Å². The summed E-state index contributed by atoms with van der Waals surface area (Å²) in [5.74, 6) is 0.491. The van der Waals surface area contributed by atoms with Gasteiger partial charge in [0.05, 0.1) is 37.1 Å². The second-order valence-electron chi connectivity index (χ2n) is 6.83. The zero-order chi connectivity index (χ0) is 19.0. The van der Waals surface area contributed by atoms with Gasteiger partial charge in [0.1, 0.15) is 5.82 Å². The number of pyridine rings is 1. The number of fused-ring (bicyclic) bond motifs is 1. The fourth-order valence-corrected chi connectivity index (χ4v) is 3.63. The Bertz CT molecular complexity index is 880. The molecule has 0 amide bonds. The van der Waals surface area contributed by atoms with Gasteiger partial charge in [-0.25, -0.2) is 9.67 Å². The van der Waals surface area contributed by atoms with Gasteiger partial charge in [-0.3, -0.25) is 4.79 Å². The fourth-order valence-electron chi connectivity index (χ4n) is 3.63. The molecule has 0 radical (unpaired) electrons. The Morgan fingerprint density at radius 3 is 2.89 bits per heavy atom. The molecule has 1 unspecified atom stereocenters. The third-order valence-electron chi connectivity index (χ3n) is 5.04. The molecular weight excluding hydrogens is 361 g/mol. The largest absolute Gasteiger partial charge is 0.417 e. The van der Waals surface area contributed by atoms with Crippen molar-refractivity contribution in [3.8, 4) is 0 Å². The average molecular weight is 380 g/mol. The number of hydrogen-bond donors (Lipinski definition) is 0. The number of ether oxygens (including phenoxy) is 1. The number of halogens is 3. The molecule has 1 fully saturated rings. The monoisotopic (exact) mass is 380 g/mol. The van der Waals surface area contributed by atoms with Crippen LogP contribution in [0.15, 0.2) is 29.2 Å². The molecule has 2 aliphatic rings. The molecule has 0 bridgehead atoms. The number of aromatic nitrogens is 3. The van der Waals surface area contributed by atoms with Gasteiger partial charge >= 0.3 is 6.18 Å². The maximum absolute atomic E-state index is 12.7. The minimum Gasteiger partial charge on any atom is -0.376 e. The summed E-state index contributed by atoms with van der Waals surface area (Å²) >= 11 is 0. The maximum Gasteiger partial charge on any atom is 0.417 e. The highest BCUT2D eigenvalue weighted by molar-refractivity contribution is 5.42. The topological polar surface area (TPSA) is 60.2 Å². The van der Waals surface area contributed by atoms with Crippen molar-refractivity contribution in [3.63, 3.8) is 0 Å². The molecule has 0 aromatic carbocycles. The molecule has 2 aromatic heterocycles. The molecule has 1 atom stereocenters. The summed E-state index contributed by atoms with van der Waals surface area (Å²) in [6, 6.07) is 3.97. The third kappa shape index (κ3) is 3.69. The van der Waals surface area contributed by atoms with E-state index in [0.29, 0.717) is 38.5 Å². The fraction of sp³-hybridized carbons (Fsp3) is 0.500. The molecule has 144 valence electrons. The Kier molecular flexibility index (Phi) is 4.63. The number of alkyl halides is 3. The van der Waals surface area contributed by atoms with Crippen LogP contribution < -0.4 is 10.5 Å². The van der Waals surface area contributed by atoms with E-state index in [0.717, 1.165) is 36.4 Å². The second-order valence-corrected chi connectivity index (χ2v) is 6.83. The highest BCUT2D eigenvalue weighted by Crippen LogP contribution is 2.31. The lowest BCUT2D eigenvalue weighted by Gasteiger charge is -2.26. The quantitative estimate of drug-likeness (QED) is 0.818. The van der Waals surface area contributed by atoms with Crippen LogP contribution in [0, 0.1) is 0 Å². The Balaban J connectivity index is 1.55. The van der Waals surface area contributed by atoms with Gasteiger partial charge in [-0.1, -0.05) is 0 Å². The molecule has 27 heavy (non-hydrogen) atoms. The molecule has 0 spiro atoms. The van der Waals surface area contributed by atoms with E-state index >= 15 is 0 Å². The predicted octanol–water partition coefficient (Wildman–Crippen LogP) is 2.40. The third-order valence-corrected chi connectivity index (χ3v) is 5.04. The summed E-state index contributed by atoms with van der Waals surface area (Å²) in [5.41, 5.74) is 0.747. The average Bonchev–Trinajstić information content (AvgIpc) is 3.10. The van der Waals surface area contributed by atoms with Gasteiger partial charge in [0.2, 0.25) is 0 Å². The molecule has 0 aliphatic carbocycles. The van der Waals surface area contributed by atoms with Crippen LogP contribution in [0.1, 0.15) is 29.7 Å². The zero-order valence-electron chi connectivity index (χ0n) is 14.6. The highest BCUT2D eigenvalue weighted by atomic mass is 19.4. The van der Waals surface area contributed by atoms with Crippen molar-refractivity contribution < 1.29 is 17.9 Å². The molecule has 6 nitrogen and oxygen atoms in total. The highest BCUT2D eigenvalue weighted by Gasteiger charge is 2.32. The van der Waals surface area contributed by atoms with Crippen molar-refractivity contribution in [2.45, 2.75) is 44.6 Å². The van der Waals surface area contributed by atoms with Crippen LogP contribution in [-0.4, -0.2) is 34.0 Å². The van der Waals surface area contributed by atoms with Crippen molar-refractivity contribution >= 4 is 5.82 Å². The Labute approximate surface area is 153 Å². The van der Waals surface area contributed by atoms with E-state index in [2.05, 4.69) is 10.1 Å². The van der Waals surface area contributed by atoms with E-state index in [1.54, 1.807) is 6.07 Å². The first-order chi connectivity index (χ1) is 12.9. The van der Waals surface area contributed by atoms with Crippen LogP contribution in [-0.2, 0) is 30.5 Å². The summed E-state index contributed by atoms with van der Waals surface area (Å²) < 4.78 is 45.0. The number of nitrogens with zero attached hydrogens (tertiary/aromatic N) is 4. The van der Waals surface area contributed by atoms with Crippen LogP contribution in [0.4, 0.5) is 19.0 Å².